The van der Waals surface area contributed by atoms with Gasteiger partial charge in [0.2, 0.25) is 0 Å². The van der Waals surface area contributed by atoms with Crippen molar-refractivity contribution in [3.63, 3.8) is 0 Å². The van der Waals surface area contributed by atoms with Crippen LogP contribution in [0.3, 0.4) is 0 Å². The number of halogens is 1. The van der Waals surface area contributed by atoms with Gasteiger partial charge in [0, 0.05) is 37.2 Å². The molecule has 1 fully saturated rings. The van der Waals surface area contributed by atoms with Gasteiger partial charge < -0.3 is 10.6 Å². The van der Waals surface area contributed by atoms with Crippen molar-refractivity contribution in [3.05, 3.63) is 34.9 Å². The van der Waals surface area contributed by atoms with Gasteiger partial charge in [0.25, 0.3) is 0 Å². The second-order valence-electron chi connectivity index (χ2n) is 6.14. The van der Waals surface area contributed by atoms with E-state index in [0.717, 1.165) is 43.6 Å². The lowest BCUT2D eigenvalue weighted by atomic mass is 10.0. The molecule has 22 heavy (non-hydrogen) atoms. The van der Waals surface area contributed by atoms with Crippen molar-refractivity contribution in [3.8, 4) is 0 Å². The summed E-state index contributed by atoms with van der Waals surface area (Å²) < 4.78 is 0. The van der Waals surface area contributed by atoms with Gasteiger partial charge in [0.1, 0.15) is 0 Å². The van der Waals surface area contributed by atoms with Crippen molar-refractivity contribution in [2.45, 2.75) is 38.3 Å². The molecule has 4 nitrogen and oxygen atoms in total. The standard InChI is InChI=1S/C17H25ClN4/c18-15-6-3-5-14(11-15)13-22-10-2-1-7-16(22)12-21-17-19-8-4-9-20-17/h3,5-6,11,16H,1-2,4,7-10,12-13H2,(H2,19,20,21). The van der Waals surface area contributed by atoms with E-state index in [9.17, 15) is 0 Å². The molecule has 0 aliphatic carbocycles. The lowest BCUT2D eigenvalue weighted by Gasteiger charge is -2.36. The Hall–Kier alpha value is -1.26. The van der Waals surface area contributed by atoms with Crippen LogP contribution in [0.2, 0.25) is 5.02 Å². The number of aliphatic imine (C=N–C) groups is 1. The van der Waals surface area contributed by atoms with E-state index >= 15 is 0 Å². The number of guanidine groups is 1. The summed E-state index contributed by atoms with van der Waals surface area (Å²) >= 11 is 6.11. The Morgan fingerprint density at radius 3 is 3.09 bits per heavy atom. The highest BCUT2D eigenvalue weighted by molar-refractivity contribution is 6.30. The van der Waals surface area contributed by atoms with Gasteiger partial charge >= 0.3 is 0 Å². The number of piperidine rings is 1. The minimum atomic E-state index is 0.569. The fourth-order valence-corrected chi connectivity index (χ4v) is 3.45. The number of likely N-dealkylation sites (tertiary alicyclic amines) is 1. The normalized spacial score (nSPS) is 22.8. The molecule has 1 aromatic carbocycles. The number of hydrogen-bond acceptors (Lipinski definition) is 4. The molecule has 1 saturated heterocycles. The first-order chi connectivity index (χ1) is 10.8. The van der Waals surface area contributed by atoms with Crippen molar-refractivity contribution in [1.29, 1.82) is 0 Å². The topological polar surface area (TPSA) is 39.7 Å². The first-order valence-electron chi connectivity index (χ1n) is 8.32. The van der Waals surface area contributed by atoms with Crippen molar-refractivity contribution < 1.29 is 0 Å². The molecule has 5 heteroatoms. The molecular formula is C17H25ClN4. The molecule has 2 aliphatic rings. The highest BCUT2D eigenvalue weighted by Gasteiger charge is 2.22. The van der Waals surface area contributed by atoms with Gasteiger partial charge in [-0.1, -0.05) is 30.2 Å². The van der Waals surface area contributed by atoms with E-state index < -0.39 is 0 Å². The Morgan fingerprint density at radius 1 is 1.32 bits per heavy atom. The van der Waals surface area contributed by atoms with Crippen LogP contribution in [0.15, 0.2) is 29.3 Å². The highest BCUT2D eigenvalue weighted by atomic mass is 35.5. The first kappa shape index (κ1) is 15.6. The Bertz CT molecular complexity index is 517. The van der Waals surface area contributed by atoms with Crippen LogP contribution < -0.4 is 10.6 Å². The predicted octanol–water partition coefficient (Wildman–Crippen LogP) is 2.63. The van der Waals surface area contributed by atoms with Gasteiger partial charge in [-0.05, 0) is 43.5 Å². The fraction of sp³-hybridized carbons (Fsp3) is 0.588. The Balaban J connectivity index is 1.57. The summed E-state index contributed by atoms with van der Waals surface area (Å²) in [6.07, 6.45) is 4.99. The predicted molar refractivity (Wildman–Crippen MR) is 92.4 cm³/mol. The molecule has 0 saturated carbocycles. The summed E-state index contributed by atoms with van der Waals surface area (Å²) in [7, 11) is 0. The first-order valence-corrected chi connectivity index (χ1v) is 8.70. The average molecular weight is 321 g/mol. The lowest BCUT2D eigenvalue weighted by molar-refractivity contribution is 0.141. The van der Waals surface area contributed by atoms with Crippen molar-refractivity contribution in [1.82, 2.24) is 15.5 Å². The van der Waals surface area contributed by atoms with E-state index in [1.165, 1.54) is 31.4 Å². The van der Waals surface area contributed by atoms with Gasteiger partial charge in [0.05, 0.1) is 0 Å². The van der Waals surface area contributed by atoms with Crippen LogP contribution in [-0.4, -0.2) is 43.1 Å². The Kier molecular flexibility index (Phi) is 5.57. The van der Waals surface area contributed by atoms with E-state index in [0.29, 0.717) is 6.04 Å². The third kappa shape index (κ3) is 4.37. The summed E-state index contributed by atoms with van der Waals surface area (Å²) in [5.41, 5.74) is 1.30. The highest BCUT2D eigenvalue weighted by Crippen LogP contribution is 2.20. The van der Waals surface area contributed by atoms with Gasteiger partial charge in [-0.3, -0.25) is 9.89 Å². The number of benzene rings is 1. The maximum atomic E-state index is 6.11. The van der Waals surface area contributed by atoms with Gasteiger partial charge in [0.15, 0.2) is 5.96 Å². The largest absolute Gasteiger partial charge is 0.356 e. The van der Waals surface area contributed by atoms with Crippen LogP contribution >= 0.6 is 11.6 Å². The van der Waals surface area contributed by atoms with Crippen LogP contribution in [0.5, 0.6) is 0 Å². The molecule has 0 amide bonds. The monoisotopic (exact) mass is 320 g/mol. The molecule has 120 valence electrons. The zero-order valence-corrected chi connectivity index (χ0v) is 13.8. The van der Waals surface area contributed by atoms with Crippen LogP contribution in [-0.2, 0) is 6.54 Å². The maximum Gasteiger partial charge on any atom is 0.191 e. The van der Waals surface area contributed by atoms with E-state index in [1.807, 2.05) is 12.1 Å². The molecule has 1 aromatic rings. The van der Waals surface area contributed by atoms with Gasteiger partial charge in [-0.25, -0.2) is 0 Å². The molecule has 0 spiro atoms. The van der Waals surface area contributed by atoms with E-state index in [2.05, 4.69) is 32.7 Å². The third-order valence-electron chi connectivity index (χ3n) is 4.43. The number of hydrogen-bond donors (Lipinski definition) is 2. The molecule has 0 radical (unpaired) electrons. The number of rotatable bonds is 4. The summed E-state index contributed by atoms with van der Waals surface area (Å²) in [6, 6.07) is 8.78. The zero-order valence-electron chi connectivity index (χ0n) is 13.0. The lowest BCUT2D eigenvalue weighted by Crippen LogP contribution is -2.49. The molecule has 2 heterocycles. The van der Waals surface area contributed by atoms with Gasteiger partial charge in [-0.15, -0.1) is 0 Å². The van der Waals surface area contributed by atoms with Crippen LogP contribution in [0, 0.1) is 0 Å². The molecule has 3 rings (SSSR count). The summed E-state index contributed by atoms with van der Waals surface area (Å²) in [4.78, 5) is 7.07. The molecule has 2 N–H and O–H groups in total. The Labute approximate surface area is 137 Å². The Morgan fingerprint density at radius 2 is 2.27 bits per heavy atom. The van der Waals surface area contributed by atoms with Crippen molar-refractivity contribution in [2.75, 3.05) is 26.2 Å². The van der Waals surface area contributed by atoms with Crippen LogP contribution in [0.25, 0.3) is 0 Å². The molecule has 1 unspecified atom stereocenters. The summed E-state index contributed by atoms with van der Waals surface area (Å²) in [5, 5.41) is 7.65. The molecule has 1 atom stereocenters. The molecule has 2 aliphatic heterocycles. The van der Waals surface area contributed by atoms with E-state index in [-0.39, 0.29) is 0 Å². The number of nitrogens with zero attached hydrogens (tertiary/aromatic N) is 2. The van der Waals surface area contributed by atoms with E-state index in [4.69, 9.17) is 11.6 Å². The molecular weight excluding hydrogens is 296 g/mol. The van der Waals surface area contributed by atoms with Gasteiger partial charge in [-0.2, -0.15) is 0 Å². The second-order valence-corrected chi connectivity index (χ2v) is 6.58. The summed E-state index contributed by atoms with van der Waals surface area (Å²) in [5.74, 6) is 0.972. The maximum absolute atomic E-state index is 6.11. The minimum Gasteiger partial charge on any atom is -0.356 e. The quantitative estimate of drug-likeness (QED) is 0.896. The van der Waals surface area contributed by atoms with Crippen LogP contribution in [0.1, 0.15) is 31.2 Å². The minimum absolute atomic E-state index is 0.569. The van der Waals surface area contributed by atoms with Crippen molar-refractivity contribution in [2.24, 2.45) is 4.99 Å². The second kappa shape index (κ2) is 7.84. The van der Waals surface area contributed by atoms with Crippen molar-refractivity contribution >= 4 is 17.6 Å². The third-order valence-corrected chi connectivity index (χ3v) is 4.66. The smallest absolute Gasteiger partial charge is 0.191 e. The summed E-state index contributed by atoms with van der Waals surface area (Å²) in [6.45, 7) is 5.08. The SMILES string of the molecule is Clc1cccc(CN2CCCCC2CNC2=NCCCN2)c1. The fourth-order valence-electron chi connectivity index (χ4n) is 3.23. The molecule has 0 aromatic heterocycles. The number of nitrogens with one attached hydrogen (secondary N) is 2. The molecule has 0 bridgehead atoms. The zero-order chi connectivity index (χ0) is 15.2. The van der Waals surface area contributed by atoms with E-state index in [1.54, 1.807) is 0 Å². The van der Waals surface area contributed by atoms with Crippen LogP contribution in [0.4, 0.5) is 0 Å². The average Bonchev–Trinajstić information content (AvgIpc) is 2.55.